The molecule has 0 aliphatic carbocycles. The summed E-state index contributed by atoms with van der Waals surface area (Å²) in [6, 6.07) is 7.35. The van der Waals surface area contributed by atoms with Crippen molar-refractivity contribution in [2.45, 2.75) is 12.6 Å². The largest absolute Gasteiger partial charge is 0.507 e. The van der Waals surface area contributed by atoms with E-state index >= 15 is 0 Å². The summed E-state index contributed by atoms with van der Waals surface area (Å²) in [6.07, 6.45) is 6.30. The van der Waals surface area contributed by atoms with Gasteiger partial charge in [-0.2, -0.15) is 0 Å². The summed E-state index contributed by atoms with van der Waals surface area (Å²) in [5.41, 5.74) is 1.22. The Hall–Kier alpha value is -3.62. The molecular weight excluding hydrogens is 481 g/mol. The Kier molecular flexibility index (Phi) is 6.72. The molecule has 1 aliphatic rings. The molecule has 1 amide bonds. The zero-order valence-corrected chi connectivity index (χ0v) is 19.7. The molecule has 0 saturated carbocycles. The second kappa shape index (κ2) is 9.70. The van der Waals surface area contributed by atoms with Crippen molar-refractivity contribution < 1.29 is 24.2 Å². The van der Waals surface area contributed by atoms with E-state index < -0.39 is 23.5 Å². The van der Waals surface area contributed by atoms with Crippen molar-refractivity contribution in [3.05, 3.63) is 87.4 Å². The van der Waals surface area contributed by atoms with Gasteiger partial charge in [0.2, 0.25) is 0 Å². The minimum absolute atomic E-state index is 0.0167. The first kappa shape index (κ1) is 23.5. The molecule has 1 aliphatic heterocycles. The van der Waals surface area contributed by atoms with E-state index in [0.717, 1.165) is 5.56 Å². The summed E-state index contributed by atoms with van der Waals surface area (Å²) in [6.45, 7) is 0.116. The molecule has 1 saturated heterocycles. The molecule has 1 aromatic carbocycles. The number of pyridine rings is 2. The molecule has 3 heterocycles. The number of carbonyl (C=O) groups excluding carboxylic acids is 2. The first-order chi connectivity index (χ1) is 16.4. The lowest BCUT2D eigenvalue weighted by molar-refractivity contribution is -0.140. The molecule has 1 fully saturated rings. The maximum atomic E-state index is 13.2. The lowest BCUT2D eigenvalue weighted by atomic mass is 9.95. The van der Waals surface area contributed by atoms with Gasteiger partial charge in [-0.15, -0.1) is 0 Å². The molecule has 3 aromatic rings. The van der Waals surface area contributed by atoms with Gasteiger partial charge in [-0.1, -0.05) is 29.3 Å². The fraction of sp³-hybridized carbons (Fsp3) is 0.167. The molecule has 4 rings (SSSR count). The number of methoxy groups -OCH3 is 2. The molecule has 1 atom stereocenters. The zero-order valence-electron chi connectivity index (χ0n) is 18.2. The number of benzene rings is 1. The predicted octanol–water partition coefficient (Wildman–Crippen LogP) is 4.42. The summed E-state index contributed by atoms with van der Waals surface area (Å²) in [7, 11) is 2.74. The number of ether oxygens (including phenoxy) is 2. The van der Waals surface area contributed by atoms with Crippen LogP contribution in [0.1, 0.15) is 22.7 Å². The Labute approximate surface area is 205 Å². The number of amides is 1. The van der Waals surface area contributed by atoms with E-state index in [1.807, 2.05) is 0 Å². The van der Waals surface area contributed by atoms with Crippen LogP contribution in [0.4, 0.5) is 0 Å². The fourth-order valence-corrected chi connectivity index (χ4v) is 4.59. The van der Waals surface area contributed by atoms with Crippen molar-refractivity contribution in [1.29, 1.82) is 0 Å². The van der Waals surface area contributed by atoms with E-state index in [4.69, 9.17) is 32.7 Å². The highest BCUT2D eigenvalue weighted by Crippen LogP contribution is 2.47. The highest BCUT2D eigenvalue weighted by molar-refractivity contribution is 6.47. The molecule has 174 valence electrons. The minimum atomic E-state index is -0.911. The lowest BCUT2D eigenvalue weighted by Gasteiger charge is -2.25. The molecule has 2 aromatic heterocycles. The van der Waals surface area contributed by atoms with E-state index in [2.05, 4.69) is 9.97 Å². The SMILES string of the molecule is COc1c(Cl)cc(/C(O)=C2\C(=O)C(=O)N(Cc3ccncc3)C2c2cccnc2)c(OC)c1Cl. The number of rotatable bonds is 6. The highest BCUT2D eigenvalue weighted by Gasteiger charge is 2.46. The van der Waals surface area contributed by atoms with E-state index in [-0.39, 0.29) is 39.2 Å². The van der Waals surface area contributed by atoms with Gasteiger partial charge in [0.25, 0.3) is 11.7 Å². The van der Waals surface area contributed by atoms with Gasteiger partial charge in [-0.3, -0.25) is 19.6 Å². The van der Waals surface area contributed by atoms with Crippen molar-refractivity contribution in [2.24, 2.45) is 0 Å². The van der Waals surface area contributed by atoms with Crippen LogP contribution in [0.3, 0.4) is 0 Å². The molecule has 0 spiro atoms. The van der Waals surface area contributed by atoms with Crippen LogP contribution in [0.2, 0.25) is 10.0 Å². The number of carbonyl (C=O) groups is 2. The number of nitrogens with zero attached hydrogens (tertiary/aromatic N) is 3. The molecule has 10 heteroatoms. The van der Waals surface area contributed by atoms with E-state index in [9.17, 15) is 14.7 Å². The first-order valence-electron chi connectivity index (χ1n) is 10.1. The van der Waals surface area contributed by atoms with Crippen molar-refractivity contribution >= 4 is 40.7 Å². The van der Waals surface area contributed by atoms with Gasteiger partial charge in [0.15, 0.2) is 11.5 Å². The number of hydrogen-bond acceptors (Lipinski definition) is 7. The predicted molar refractivity (Wildman–Crippen MR) is 126 cm³/mol. The number of likely N-dealkylation sites (tertiary alicyclic amines) is 1. The first-order valence-corrected chi connectivity index (χ1v) is 10.8. The van der Waals surface area contributed by atoms with Gasteiger partial charge in [-0.25, -0.2) is 0 Å². The minimum Gasteiger partial charge on any atom is -0.507 e. The average molecular weight is 500 g/mol. The molecule has 8 nitrogen and oxygen atoms in total. The van der Waals surface area contributed by atoms with Crippen molar-refractivity contribution in [2.75, 3.05) is 14.2 Å². The monoisotopic (exact) mass is 499 g/mol. The number of aliphatic hydroxyl groups excluding tert-OH is 1. The molecular formula is C24H19Cl2N3O5. The topological polar surface area (TPSA) is 102 Å². The van der Waals surface area contributed by atoms with E-state index in [1.54, 1.807) is 42.9 Å². The molecule has 0 radical (unpaired) electrons. The molecule has 34 heavy (non-hydrogen) atoms. The van der Waals surface area contributed by atoms with Crippen LogP contribution < -0.4 is 9.47 Å². The highest BCUT2D eigenvalue weighted by atomic mass is 35.5. The maximum Gasteiger partial charge on any atom is 0.295 e. The third kappa shape index (κ3) is 4.06. The Bertz CT molecular complexity index is 1280. The number of ketones is 1. The third-order valence-electron chi connectivity index (χ3n) is 5.44. The summed E-state index contributed by atoms with van der Waals surface area (Å²) in [5, 5.41) is 11.5. The number of aliphatic hydroxyl groups is 1. The number of Topliss-reactive ketones (excluding diaryl/α,β-unsaturated/α-hetero) is 1. The smallest absolute Gasteiger partial charge is 0.295 e. The lowest BCUT2D eigenvalue weighted by Crippen LogP contribution is -2.29. The summed E-state index contributed by atoms with van der Waals surface area (Å²) in [5.74, 6) is -1.90. The van der Waals surface area contributed by atoms with Gasteiger partial charge in [0, 0.05) is 31.3 Å². The third-order valence-corrected chi connectivity index (χ3v) is 6.06. The average Bonchev–Trinajstić information content (AvgIpc) is 3.09. The fourth-order valence-electron chi connectivity index (χ4n) is 3.90. The van der Waals surface area contributed by atoms with Crippen LogP contribution in [0.15, 0.2) is 60.7 Å². The molecule has 1 N–H and O–H groups in total. The summed E-state index contributed by atoms with van der Waals surface area (Å²) >= 11 is 12.7. The Balaban J connectivity index is 1.93. The van der Waals surface area contributed by atoms with Gasteiger partial charge in [-0.05, 0) is 35.4 Å². The van der Waals surface area contributed by atoms with Crippen LogP contribution in [-0.2, 0) is 16.1 Å². The summed E-state index contributed by atoms with van der Waals surface area (Å²) < 4.78 is 10.6. The van der Waals surface area contributed by atoms with Gasteiger partial charge in [0.1, 0.15) is 10.8 Å². The molecule has 0 bridgehead atoms. The van der Waals surface area contributed by atoms with Crippen LogP contribution in [-0.4, -0.2) is 45.9 Å². The van der Waals surface area contributed by atoms with Crippen molar-refractivity contribution in [3.63, 3.8) is 0 Å². The van der Waals surface area contributed by atoms with Crippen molar-refractivity contribution in [3.8, 4) is 11.5 Å². The normalized spacial score (nSPS) is 17.2. The van der Waals surface area contributed by atoms with E-state index in [0.29, 0.717) is 5.56 Å². The number of aromatic nitrogens is 2. The molecule has 1 unspecified atom stereocenters. The zero-order chi connectivity index (χ0) is 24.4. The quantitative estimate of drug-likeness (QED) is 0.304. The Morgan fingerprint density at radius 3 is 2.38 bits per heavy atom. The number of halogens is 2. The van der Waals surface area contributed by atoms with Gasteiger partial charge < -0.3 is 19.5 Å². The standard InChI is InChI=1S/C24H19Cl2N3O5/c1-33-22-15(10-16(25)23(34-2)18(22)26)20(30)17-19(14-4-3-7-28-11-14)29(24(32)21(17)31)12-13-5-8-27-9-6-13/h3-11,19,30H,12H2,1-2H3/b20-17+. The van der Waals surface area contributed by atoms with E-state index in [1.165, 1.54) is 31.4 Å². The van der Waals surface area contributed by atoms with Crippen LogP contribution >= 0.6 is 23.2 Å². The van der Waals surface area contributed by atoms with Crippen LogP contribution in [0.5, 0.6) is 11.5 Å². The Morgan fingerprint density at radius 1 is 1.06 bits per heavy atom. The summed E-state index contributed by atoms with van der Waals surface area (Å²) in [4.78, 5) is 35.8. The van der Waals surface area contributed by atoms with Crippen molar-refractivity contribution in [1.82, 2.24) is 14.9 Å². The van der Waals surface area contributed by atoms with Crippen LogP contribution in [0.25, 0.3) is 5.76 Å². The van der Waals surface area contributed by atoms with Gasteiger partial charge in [0.05, 0.1) is 36.4 Å². The second-order valence-electron chi connectivity index (χ2n) is 7.36. The van der Waals surface area contributed by atoms with Crippen LogP contribution in [0, 0.1) is 0 Å². The second-order valence-corrected chi connectivity index (χ2v) is 8.14. The Morgan fingerprint density at radius 2 is 1.76 bits per heavy atom. The van der Waals surface area contributed by atoms with Gasteiger partial charge >= 0.3 is 0 Å². The maximum absolute atomic E-state index is 13.2. The number of hydrogen-bond donors (Lipinski definition) is 1.